The predicted molar refractivity (Wildman–Crippen MR) is 68.8 cm³/mol. The molecule has 1 aliphatic carbocycles. The molecule has 100 valence electrons. The molecule has 0 aromatic carbocycles. The lowest BCUT2D eigenvalue weighted by Gasteiger charge is -2.33. The summed E-state index contributed by atoms with van der Waals surface area (Å²) in [5, 5.41) is 0. The van der Waals surface area contributed by atoms with E-state index in [0.717, 1.165) is 6.42 Å². The summed E-state index contributed by atoms with van der Waals surface area (Å²) in [6, 6.07) is -0.0210. The van der Waals surface area contributed by atoms with Gasteiger partial charge in [-0.25, -0.2) is 4.79 Å². The van der Waals surface area contributed by atoms with Crippen LogP contribution in [-0.2, 0) is 4.74 Å². The number of amides is 1. The Kier molecular flexibility index (Phi) is 3.25. The molecular formula is C13H26N2O2. The Hall–Kier alpha value is -0.770. The van der Waals surface area contributed by atoms with Gasteiger partial charge in [-0.15, -0.1) is 0 Å². The van der Waals surface area contributed by atoms with Crippen molar-refractivity contribution < 1.29 is 9.53 Å². The van der Waals surface area contributed by atoms with Crippen LogP contribution in [-0.4, -0.2) is 35.2 Å². The maximum Gasteiger partial charge on any atom is 0.410 e. The summed E-state index contributed by atoms with van der Waals surface area (Å²) < 4.78 is 5.34. The van der Waals surface area contributed by atoms with Crippen LogP contribution in [0, 0.1) is 5.41 Å². The van der Waals surface area contributed by atoms with Gasteiger partial charge in [0.15, 0.2) is 0 Å². The molecule has 1 fully saturated rings. The summed E-state index contributed by atoms with van der Waals surface area (Å²) >= 11 is 0. The summed E-state index contributed by atoms with van der Waals surface area (Å²) in [6.45, 7) is 11.8. The van der Waals surface area contributed by atoms with Crippen molar-refractivity contribution >= 4 is 6.09 Å². The van der Waals surface area contributed by atoms with Crippen LogP contribution in [0.1, 0.15) is 48.0 Å². The highest BCUT2D eigenvalue weighted by atomic mass is 16.6. The molecule has 0 bridgehead atoms. The SMILES string of the molecule is CC(N(C)C(=O)OC(C)(C)C)C1(N)CC1(C)C. The molecule has 0 aliphatic heterocycles. The van der Waals surface area contributed by atoms with Crippen molar-refractivity contribution in [2.75, 3.05) is 7.05 Å². The maximum absolute atomic E-state index is 11.9. The van der Waals surface area contributed by atoms with E-state index in [-0.39, 0.29) is 23.1 Å². The normalized spacial score (nSPS) is 28.5. The third-order valence-corrected chi connectivity index (χ3v) is 3.88. The first-order valence-electron chi connectivity index (χ1n) is 6.15. The fourth-order valence-electron chi connectivity index (χ4n) is 2.24. The van der Waals surface area contributed by atoms with E-state index >= 15 is 0 Å². The van der Waals surface area contributed by atoms with Gasteiger partial charge < -0.3 is 15.4 Å². The predicted octanol–water partition coefficient (Wildman–Crippen LogP) is 2.37. The van der Waals surface area contributed by atoms with Crippen molar-refractivity contribution in [1.82, 2.24) is 4.90 Å². The van der Waals surface area contributed by atoms with E-state index in [1.807, 2.05) is 27.7 Å². The molecule has 2 unspecified atom stereocenters. The van der Waals surface area contributed by atoms with Gasteiger partial charge in [0.25, 0.3) is 0 Å². The summed E-state index contributed by atoms with van der Waals surface area (Å²) in [4.78, 5) is 13.5. The van der Waals surface area contributed by atoms with Crippen LogP contribution in [0.5, 0.6) is 0 Å². The maximum atomic E-state index is 11.9. The molecule has 1 rings (SSSR count). The zero-order valence-electron chi connectivity index (χ0n) is 12.1. The summed E-state index contributed by atoms with van der Waals surface area (Å²) in [5.41, 5.74) is 5.66. The number of nitrogens with zero attached hydrogens (tertiary/aromatic N) is 1. The molecule has 4 nitrogen and oxygen atoms in total. The highest BCUT2D eigenvalue weighted by Gasteiger charge is 2.62. The molecule has 0 heterocycles. The van der Waals surface area contributed by atoms with E-state index in [1.165, 1.54) is 0 Å². The molecule has 1 aliphatic rings. The molecular weight excluding hydrogens is 216 g/mol. The standard InChI is InChI=1S/C13H26N2O2/c1-9(13(14)8-12(13,5)6)15(7)10(16)17-11(2,3)4/h9H,8,14H2,1-7H3. The Morgan fingerprint density at radius 1 is 1.41 bits per heavy atom. The molecule has 0 radical (unpaired) electrons. The smallest absolute Gasteiger partial charge is 0.410 e. The van der Waals surface area contributed by atoms with Crippen molar-refractivity contribution in [3.63, 3.8) is 0 Å². The van der Waals surface area contributed by atoms with Gasteiger partial charge in [-0.05, 0) is 39.5 Å². The third-order valence-electron chi connectivity index (χ3n) is 3.88. The number of ether oxygens (including phenoxy) is 1. The van der Waals surface area contributed by atoms with Crippen LogP contribution < -0.4 is 5.73 Å². The lowest BCUT2D eigenvalue weighted by Crippen LogP contribution is -2.52. The van der Waals surface area contributed by atoms with Gasteiger partial charge >= 0.3 is 6.09 Å². The van der Waals surface area contributed by atoms with Crippen molar-refractivity contribution in [3.8, 4) is 0 Å². The molecule has 0 aromatic rings. The summed E-state index contributed by atoms with van der Waals surface area (Å²) in [5.74, 6) is 0. The number of hydrogen-bond acceptors (Lipinski definition) is 3. The molecule has 1 saturated carbocycles. The minimum absolute atomic E-state index is 0.0210. The Morgan fingerprint density at radius 3 is 2.12 bits per heavy atom. The summed E-state index contributed by atoms with van der Waals surface area (Å²) in [6.07, 6.45) is 0.631. The minimum atomic E-state index is -0.466. The average molecular weight is 242 g/mol. The van der Waals surface area contributed by atoms with Crippen molar-refractivity contribution in [1.29, 1.82) is 0 Å². The van der Waals surface area contributed by atoms with Gasteiger partial charge in [0.05, 0.1) is 6.04 Å². The first-order valence-corrected chi connectivity index (χ1v) is 6.15. The topological polar surface area (TPSA) is 55.6 Å². The van der Waals surface area contributed by atoms with Crippen molar-refractivity contribution in [2.24, 2.45) is 11.1 Å². The van der Waals surface area contributed by atoms with Crippen LogP contribution in [0.25, 0.3) is 0 Å². The second kappa shape index (κ2) is 3.87. The molecule has 17 heavy (non-hydrogen) atoms. The highest BCUT2D eigenvalue weighted by Crippen LogP contribution is 2.56. The monoisotopic (exact) mass is 242 g/mol. The first kappa shape index (κ1) is 14.3. The molecule has 4 heteroatoms. The second-order valence-corrected chi connectivity index (χ2v) is 6.87. The zero-order chi connectivity index (χ0) is 13.6. The van der Waals surface area contributed by atoms with Gasteiger partial charge in [0.1, 0.15) is 5.60 Å². The number of hydrogen-bond donors (Lipinski definition) is 1. The van der Waals surface area contributed by atoms with E-state index < -0.39 is 5.60 Å². The van der Waals surface area contributed by atoms with Crippen LogP contribution in [0.4, 0.5) is 4.79 Å². The number of likely N-dealkylation sites (N-methyl/N-ethyl adjacent to an activating group) is 1. The van der Waals surface area contributed by atoms with Crippen LogP contribution in [0.2, 0.25) is 0 Å². The Bertz CT molecular complexity index is 320. The van der Waals surface area contributed by atoms with Crippen molar-refractivity contribution in [2.45, 2.75) is 65.1 Å². The molecule has 0 saturated heterocycles. The van der Waals surface area contributed by atoms with Crippen LogP contribution >= 0.6 is 0 Å². The van der Waals surface area contributed by atoms with Crippen LogP contribution in [0.3, 0.4) is 0 Å². The highest BCUT2D eigenvalue weighted by molar-refractivity contribution is 5.68. The molecule has 1 amide bonds. The number of carbonyl (C=O) groups excluding carboxylic acids is 1. The number of rotatable bonds is 2. The minimum Gasteiger partial charge on any atom is -0.444 e. The fourth-order valence-corrected chi connectivity index (χ4v) is 2.24. The van der Waals surface area contributed by atoms with E-state index in [4.69, 9.17) is 10.5 Å². The average Bonchev–Trinajstić information content (AvgIpc) is 2.62. The summed E-state index contributed by atoms with van der Waals surface area (Å²) in [7, 11) is 1.75. The lowest BCUT2D eigenvalue weighted by atomic mass is 9.98. The first-order chi connectivity index (χ1) is 7.41. The quantitative estimate of drug-likeness (QED) is 0.808. The van der Waals surface area contributed by atoms with Gasteiger partial charge in [0.2, 0.25) is 0 Å². The van der Waals surface area contributed by atoms with Gasteiger partial charge in [-0.3, -0.25) is 0 Å². The van der Waals surface area contributed by atoms with E-state index in [1.54, 1.807) is 11.9 Å². The van der Waals surface area contributed by atoms with Gasteiger partial charge in [-0.1, -0.05) is 13.8 Å². The Balaban J connectivity index is 2.66. The molecule has 2 N–H and O–H groups in total. The molecule has 0 aromatic heterocycles. The Morgan fingerprint density at radius 2 is 1.82 bits per heavy atom. The fraction of sp³-hybridized carbons (Fsp3) is 0.923. The largest absolute Gasteiger partial charge is 0.444 e. The number of nitrogens with two attached hydrogens (primary N) is 1. The van der Waals surface area contributed by atoms with E-state index in [0.29, 0.717) is 0 Å². The third kappa shape index (κ3) is 2.73. The van der Waals surface area contributed by atoms with Crippen LogP contribution in [0.15, 0.2) is 0 Å². The van der Waals surface area contributed by atoms with Gasteiger partial charge in [-0.2, -0.15) is 0 Å². The van der Waals surface area contributed by atoms with Gasteiger partial charge in [0, 0.05) is 12.6 Å². The molecule has 0 spiro atoms. The zero-order valence-corrected chi connectivity index (χ0v) is 12.1. The van der Waals surface area contributed by atoms with E-state index in [2.05, 4.69) is 13.8 Å². The molecule has 2 atom stereocenters. The lowest BCUT2D eigenvalue weighted by molar-refractivity contribution is 0.0194. The Labute approximate surface area is 104 Å². The van der Waals surface area contributed by atoms with Crippen molar-refractivity contribution in [3.05, 3.63) is 0 Å². The second-order valence-electron chi connectivity index (χ2n) is 6.87. The number of carbonyl (C=O) groups is 1. The van der Waals surface area contributed by atoms with E-state index in [9.17, 15) is 4.79 Å².